The first-order chi connectivity index (χ1) is 15.4. The molecule has 0 bridgehead atoms. The molecule has 0 saturated heterocycles. The Labute approximate surface area is 189 Å². The molecular formula is C27H29N3O2. The van der Waals surface area contributed by atoms with Gasteiger partial charge in [0.05, 0.1) is 18.0 Å². The topological polar surface area (TPSA) is 56.1 Å². The van der Waals surface area contributed by atoms with E-state index >= 15 is 0 Å². The van der Waals surface area contributed by atoms with Crippen LogP contribution in [0.25, 0.3) is 5.69 Å². The highest BCUT2D eigenvalue weighted by molar-refractivity contribution is 6.01. The Morgan fingerprint density at radius 2 is 1.81 bits per heavy atom. The number of Topliss-reactive ketones (excluding diaryl/α,β-unsaturated/α-hetero) is 1. The number of carbonyl (C=O) groups is 1. The molecule has 32 heavy (non-hydrogen) atoms. The van der Waals surface area contributed by atoms with Crippen LogP contribution in [-0.2, 0) is 4.79 Å². The molecule has 1 aliphatic heterocycles. The van der Waals surface area contributed by atoms with E-state index in [2.05, 4.69) is 43.4 Å². The van der Waals surface area contributed by atoms with Crippen molar-refractivity contribution < 1.29 is 9.53 Å². The molecule has 1 atom stereocenters. The van der Waals surface area contributed by atoms with Crippen molar-refractivity contribution in [2.24, 2.45) is 5.41 Å². The van der Waals surface area contributed by atoms with Crippen molar-refractivity contribution in [3.63, 3.8) is 0 Å². The Bertz CT molecular complexity index is 1200. The van der Waals surface area contributed by atoms with Gasteiger partial charge < -0.3 is 10.1 Å². The number of hydrogen-bond donors (Lipinski definition) is 1. The van der Waals surface area contributed by atoms with E-state index in [0.29, 0.717) is 13.0 Å². The Balaban J connectivity index is 1.71. The van der Waals surface area contributed by atoms with Crippen LogP contribution in [0.4, 0.5) is 5.82 Å². The second kappa shape index (κ2) is 7.66. The summed E-state index contributed by atoms with van der Waals surface area (Å²) in [4.78, 5) is 13.4. The number of rotatable bonds is 4. The number of aryl methyl sites for hydroxylation is 1. The maximum Gasteiger partial charge on any atom is 0.162 e. The van der Waals surface area contributed by atoms with Gasteiger partial charge >= 0.3 is 0 Å². The van der Waals surface area contributed by atoms with E-state index in [1.54, 1.807) is 0 Å². The molecule has 1 aromatic heterocycles. The lowest BCUT2D eigenvalue weighted by molar-refractivity contribution is -0.118. The Morgan fingerprint density at radius 3 is 2.50 bits per heavy atom. The number of aromatic nitrogens is 2. The minimum Gasteiger partial charge on any atom is -0.494 e. The first-order valence-electron chi connectivity index (χ1n) is 11.3. The molecule has 1 aliphatic carbocycles. The van der Waals surface area contributed by atoms with Crippen LogP contribution in [0.5, 0.6) is 5.75 Å². The summed E-state index contributed by atoms with van der Waals surface area (Å²) in [5.74, 6) is 1.88. The van der Waals surface area contributed by atoms with Gasteiger partial charge in [-0.3, -0.25) is 4.79 Å². The number of carbonyl (C=O) groups excluding carboxylic acids is 1. The Kier molecular flexibility index (Phi) is 4.92. The zero-order valence-corrected chi connectivity index (χ0v) is 19.1. The molecule has 2 aliphatic rings. The Morgan fingerprint density at radius 1 is 1.09 bits per heavy atom. The summed E-state index contributed by atoms with van der Waals surface area (Å²) in [6, 6.07) is 18.3. The number of para-hydroxylation sites is 1. The predicted molar refractivity (Wildman–Crippen MR) is 126 cm³/mol. The van der Waals surface area contributed by atoms with Crippen molar-refractivity contribution in [3.8, 4) is 11.4 Å². The fourth-order valence-corrected chi connectivity index (χ4v) is 5.09. The SMILES string of the molecule is CCOc1ccc([C@@H]2C3=C(CC(C)(C)CC3=O)Nc3c2c(C)nn3-c2ccccc2)cc1. The van der Waals surface area contributed by atoms with Gasteiger partial charge in [0.15, 0.2) is 5.78 Å². The van der Waals surface area contributed by atoms with Crippen molar-refractivity contribution in [2.75, 3.05) is 11.9 Å². The third-order valence-corrected chi connectivity index (χ3v) is 6.40. The highest BCUT2D eigenvalue weighted by atomic mass is 16.5. The standard InChI is InChI=1S/C27H29N3O2/c1-5-32-20-13-11-18(12-14-20)24-23-17(2)29-30(19-9-7-6-8-10-19)26(23)28-21-15-27(3,4)16-22(31)25(21)24/h6-14,24,28H,5,15-16H2,1-4H3/t24-/m0/s1. The number of benzene rings is 2. The van der Waals surface area contributed by atoms with Gasteiger partial charge in [-0.15, -0.1) is 0 Å². The molecular weight excluding hydrogens is 398 g/mol. The van der Waals surface area contributed by atoms with Crippen LogP contribution in [0.2, 0.25) is 0 Å². The lowest BCUT2D eigenvalue weighted by Crippen LogP contribution is -2.34. The van der Waals surface area contributed by atoms with Gasteiger partial charge in [0, 0.05) is 29.2 Å². The molecule has 0 unspecified atom stereocenters. The van der Waals surface area contributed by atoms with Crippen molar-refractivity contribution in [1.82, 2.24) is 9.78 Å². The van der Waals surface area contributed by atoms with E-state index in [0.717, 1.165) is 51.8 Å². The molecule has 0 saturated carbocycles. The van der Waals surface area contributed by atoms with E-state index in [4.69, 9.17) is 9.84 Å². The molecule has 0 fully saturated rings. The van der Waals surface area contributed by atoms with Crippen LogP contribution in [0.3, 0.4) is 0 Å². The average Bonchev–Trinajstić information content (AvgIpc) is 3.09. The molecule has 0 radical (unpaired) electrons. The van der Waals surface area contributed by atoms with Crippen molar-refractivity contribution in [2.45, 2.75) is 46.5 Å². The molecule has 2 aromatic carbocycles. The van der Waals surface area contributed by atoms with E-state index in [1.165, 1.54) is 0 Å². The maximum atomic E-state index is 13.4. The van der Waals surface area contributed by atoms with Crippen LogP contribution >= 0.6 is 0 Å². The third-order valence-electron chi connectivity index (χ3n) is 6.40. The summed E-state index contributed by atoms with van der Waals surface area (Å²) in [7, 11) is 0. The molecule has 3 aromatic rings. The molecule has 0 amide bonds. The van der Waals surface area contributed by atoms with Crippen LogP contribution in [0.1, 0.15) is 56.4 Å². The van der Waals surface area contributed by atoms with Gasteiger partial charge in [-0.05, 0) is 55.5 Å². The number of nitrogens with zero attached hydrogens (tertiary/aromatic N) is 2. The average molecular weight is 428 g/mol. The normalized spacial score (nSPS) is 19.2. The largest absolute Gasteiger partial charge is 0.494 e. The zero-order chi connectivity index (χ0) is 22.5. The van der Waals surface area contributed by atoms with Gasteiger partial charge in [-0.2, -0.15) is 5.10 Å². The van der Waals surface area contributed by atoms with Gasteiger partial charge in [0.25, 0.3) is 0 Å². The number of nitrogens with one attached hydrogen (secondary N) is 1. The fourth-order valence-electron chi connectivity index (χ4n) is 5.09. The molecule has 0 spiro atoms. The van der Waals surface area contributed by atoms with E-state index in [-0.39, 0.29) is 17.1 Å². The number of ketones is 1. The second-order valence-corrected chi connectivity index (χ2v) is 9.49. The summed E-state index contributed by atoms with van der Waals surface area (Å²) in [6.07, 6.45) is 1.39. The third kappa shape index (κ3) is 3.42. The molecule has 164 valence electrons. The van der Waals surface area contributed by atoms with Crippen LogP contribution in [0, 0.1) is 12.3 Å². The monoisotopic (exact) mass is 427 g/mol. The van der Waals surface area contributed by atoms with Crippen molar-refractivity contribution in [3.05, 3.63) is 82.7 Å². The summed E-state index contributed by atoms with van der Waals surface area (Å²) >= 11 is 0. The van der Waals surface area contributed by atoms with Crippen LogP contribution < -0.4 is 10.1 Å². The maximum absolute atomic E-state index is 13.4. The summed E-state index contributed by atoms with van der Waals surface area (Å²) in [5, 5.41) is 8.53. The quantitative estimate of drug-likeness (QED) is 0.573. The summed E-state index contributed by atoms with van der Waals surface area (Å²) in [5.41, 5.74) is 5.93. The van der Waals surface area contributed by atoms with Gasteiger partial charge in [0.2, 0.25) is 0 Å². The molecule has 5 rings (SSSR count). The number of allylic oxidation sites excluding steroid dienone is 2. The van der Waals surface area contributed by atoms with Gasteiger partial charge in [-0.1, -0.05) is 44.2 Å². The summed E-state index contributed by atoms with van der Waals surface area (Å²) in [6.45, 7) is 8.97. The molecule has 1 N–H and O–H groups in total. The minimum atomic E-state index is -0.141. The highest BCUT2D eigenvalue weighted by Gasteiger charge is 2.42. The lowest BCUT2D eigenvalue weighted by Gasteiger charge is -2.38. The van der Waals surface area contributed by atoms with Crippen molar-refractivity contribution in [1.29, 1.82) is 0 Å². The molecule has 5 heteroatoms. The first-order valence-corrected chi connectivity index (χ1v) is 11.3. The lowest BCUT2D eigenvalue weighted by atomic mass is 9.69. The summed E-state index contributed by atoms with van der Waals surface area (Å²) < 4.78 is 7.62. The minimum absolute atomic E-state index is 0.0730. The molecule has 2 heterocycles. The first kappa shape index (κ1) is 20.6. The highest BCUT2D eigenvalue weighted by Crippen LogP contribution is 2.50. The Hall–Kier alpha value is -3.34. The predicted octanol–water partition coefficient (Wildman–Crippen LogP) is 5.78. The van der Waals surface area contributed by atoms with Crippen molar-refractivity contribution >= 4 is 11.6 Å². The number of anilines is 1. The molecule has 5 nitrogen and oxygen atoms in total. The van der Waals surface area contributed by atoms with Crippen LogP contribution in [-0.4, -0.2) is 22.2 Å². The number of hydrogen-bond acceptors (Lipinski definition) is 4. The van der Waals surface area contributed by atoms with Gasteiger partial charge in [-0.25, -0.2) is 4.68 Å². The second-order valence-electron chi connectivity index (χ2n) is 9.49. The smallest absolute Gasteiger partial charge is 0.162 e. The number of ether oxygens (including phenoxy) is 1. The van der Waals surface area contributed by atoms with E-state index in [9.17, 15) is 4.79 Å². The van der Waals surface area contributed by atoms with E-state index < -0.39 is 0 Å². The fraction of sp³-hybridized carbons (Fsp3) is 0.333. The number of fused-ring (bicyclic) bond motifs is 1. The zero-order valence-electron chi connectivity index (χ0n) is 19.1. The van der Waals surface area contributed by atoms with E-state index in [1.807, 2.05) is 48.9 Å². The van der Waals surface area contributed by atoms with Crippen LogP contribution in [0.15, 0.2) is 65.9 Å². The van der Waals surface area contributed by atoms with Gasteiger partial charge in [0.1, 0.15) is 11.6 Å².